The highest BCUT2D eigenvalue weighted by Gasteiger charge is 2.12. The van der Waals surface area contributed by atoms with E-state index in [1.807, 2.05) is 80.7 Å². The average Bonchev–Trinajstić information content (AvgIpc) is 2.79. The maximum absolute atomic E-state index is 12.9. The number of pyridine rings is 3. The third-order valence-electron chi connectivity index (χ3n) is 4.79. The van der Waals surface area contributed by atoms with Crippen molar-refractivity contribution in [3.8, 4) is 22.5 Å². The highest BCUT2D eigenvalue weighted by Crippen LogP contribution is 2.26. The average molecular weight is 394 g/mol. The van der Waals surface area contributed by atoms with Crippen LogP contribution in [0, 0.1) is 13.8 Å². The van der Waals surface area contributed by atoms with Crippen LogP contribution in [0.5, 0.6) is 0 Å². The molecule has 0 saturated carbocycles. The zero-order chi connectivity index (χ0) is 20.9. The molecule has 5 heteroatoms. The van der Waals surface area contributed by atoms with Gasteiger partial charge in [-0.15, -0.1) is 0 Å². The van der Waals surface area contributed by atoms with Crippen molar-refractivity contribution in [3.05, 3.63) is 102 Å². The SMILES string of the molecule is Cc1ccc(-c2cc(C(=O)NCc3ccc(C)nc3)cc(-c3ccccn3)c2)nc1. The number of rotatable bonds is 5. The number of amides is 1. The van der Waals surface area contributed by atoms with Crippen LogP contribution in [-0.2, 0) is 6.54 Å². The molecule has 0 spiro atoms. The fourth-order valence-electron chi connectivity index (χ4n) is 3.11. The molecule has 0 radical (unpaired) electrons. The van der Waals surface area contributed by atoms with Gasteiger partial charge in [-0.3, -0.25) is 19.7 Å². The maximum Gasteiger partial charge on any atom is 0.251 e. The molecule has 4 aromatic rings. The first-order valence-corrected chi connectivity index (χ1v) is 9.78. The van der Waals surface area contributed by atoms with Crippen LogP contribution in [0.3, 0.4) is 0 Å². The number of hydrogen-bond acceptors (Lipinski definition) is 4. The summed E-state index contributed by atoms with van der Waals surface area (Å²) in [7, 11) is 0. The second-order valence-electron chi connectivity index (χ2n) is 7.23. The van der Waals surface area contributed by atoms with Gasteiger partial charge in [-0.25, -0.2) is 0 Å². The van der Waals surface area contributed by atoms with Crippen LogP contribution in [0.25, 0.3) is 22.5 Å². The van der Waals surface area contributed by atoms with Crippen LogP contribution in [0.2, 0.25) is 0 Å². The molecule has 0 saturated heterocycles. The largest absolute Gasteiger partial charge is 0.348 e. The van der Waals surface area contributed by atoms with E-state index in [9.17, 15) is 4.79 Å². The fourth-order valence-corrected chi connectivity index (χ4v) is 3.11. The Morgan fingerprint density at radius 1 is 0.833 bits per heavy atom. The lowest BCUT2D eigenvalue weighted by atomic mass is 10.00. The Bertz CT molecular complexity index is 1150. The second-order valence-corrected chi connectivity index (χ2v) is 7.23. The first-order chi connectivity index (χ1) is 14.6. The molecule has 4 rings (SSSR count). The van der Waals surface area contributed by atoms with Gasteiger partial charge in [0.05, 0.1) is 11.4 Å². The molecule has 30 heavy (non-hydrogen) atoms. The van der Waals surface area contributed by atoms with E-state index in [2.05, 4.69) is 20.3 Å². The van der Waals surface area contributed by atoms with Crippen LogP contribution in [0.4, 0.5) is 0 Å². The molecule has 1 N–H and O–H groups in total. The quantitative estimate of drug-likeness (QED) is 0.530. The van der Waals surface area contributed by atoms with Crippen molar-refractivity contribution in [3.63, 3.8) is 0 Å². The standard InChI is InChI=1S/C25H22N4O/c1-17-6-9-24(28-14-17)21-11-20(23-5-3-4-10-26-23)12-22(13-21)25(30)29-16-19-8-7-18(2)27-15-19/h3-15H,16H2,1-2H3,(H,29,30). The lowest BCUT2D eigenvalue weighted by Crippen LogP contribution is -2.23. The number of carbonyl (C=O) groups excluding carboxylic acids is 1. The van der Waals surface area contributed by atoms with Gasteiger partial charge in [0, 0.05) is 47.5 Å². The Morgan fingerprint density at radius 3 is 2.27 bits per heavy atom. The minimum Gasteiger partial charge on any atom is -0.348 e. The van der Waals surface area contributed by atoms with Gasteiger partial charge >= 0.3 is 0 Å². The van der Waals surface area contributed by atoms with Crippen LogP contribution in [-0.4, -0.2) is 20.9 Å². The zero-order valence-corrected chi connectivity index (χ0v) is 17.0. The van der Waals surface area contributed by atoms with E-state index in [1.54, 1.807) is 12.4 Å². The molecule has 3 aromatic heterocycles. The summed E-state index contributed by atoms with van der Waals surface area (Å²) >= 11 is 0. The van der Waals surface area contributed by atoms with Gasteiger partial charge in [0.25, 0.3) is 5.91 Å². The van der Waals surface area contributed by atoms with Crippen LogP contribution in [0.1, 0.15) is 27.2 Å². The van der Waals surface area contributed by atoms with E-state index in [1.165, 1.54) is 0 Å². The molecule has 0 fully saturated rings. The highest BCUT2D eigenvalue weighted by atomic mass is 16.1. The van der Waals surface area contributed by atoms with Crippen molar-refractivity contribution in [2.45, 2.75) is 20.4 Å². The molecule has 0 atom stereocenters. The Morgan fingerprint density at radius 2 is 1.63 bits per heavy atom. The van der Waals surface area contributed by atoms with E-state index in [4.69, 9.17) is 0 Å². The highest BCUT2D eigenvalue weighted by molar-refractivity contribution is 5.97. The van der Waals surface area contributed by atoms with Crippen LogP contribution >= 0.6 is 0 Å². The molecular formula is C25H22N4O. The molecule has 5 nitrogen and oxygen atoms in total. The van der Waals surface area contributed by atoms with Crippen LogP contribution < -0.4 is 5.32 Å². The summed E-state index contributed by atoms with van der Waals surface area (Å²) in [5.74, 6) is -0.151. The number of nitrogens with one attached hydrogen (secondary N) is 1. The lowest BCUT2D eigenvalue weighted by Gasteiger charge is -2.11. The topological polar surface area (TPSA) is 67.8 Å². The van der Waals surface area contributed by atoms with Gasteiger partial charge in [-0.1, -0.05) is 18.2 Å². The molecule has 0 unspecified atom stereocenters. The third-order valence-corrected chi connectivity index (χ3v) is 4.79. The van der Waals surface area contributed by atoms with Crippen molar-refractivity contribution in [1.82, 2.24) is 20.3 Å². The van der Waals surface area contributed by atoms with E-state index >= 15 is 0 Å². The Balaban J connectivity index is 1.67. The van der Waals surface area contributed by atoms with Crippen molar-refractivity contribution in [1.29, 1.82) is 0 Å². The molecule has 148 valence electrons. The molecule has 0 aliphatic rings. The van der Waals surface area contributed by atoms with E-state index < -0.39 is 0 Å². The number of aryl methyl sites for hydroxylation is 2. The first kappa shape index (κ1) is 19.5. The van der Waals surface area contributed by atoms with E-state index in [0.29, 0.717) is 12.1 Å². The first-order valence-electron chi connectivity index (χ1n) is 9.78. The molecule has 0 aliphatic heterocycles. The second kappa shape index (κ2) is 8.66. The third kappa shape index (κ3) is 4.58. The van der Waals surface area contributed by atoms with Gasteiger partial charge in [-0.05, 0) is 67.4 Å². The minimum atomic E-state index is -0.151. The molecule has 3 heterocycles. The van der Waals surface area contributed by atoms with Gasteiger partial charge in [0.15, 0.2) is 0 Å². The monoisotopic (exact) mass is 394 g/mol. The van der Waals surface area contributed by atoms with Crippen molar-refractivity contribution in [2.24, 2.45) is 0 Å². The Labute approximate surface area is 175 Å². The predicted octanol–water partition coefficient (Wildman–Crippen LogP) is 4.75. The number of aromatic nitrogens is 3. The van der Waals surface area contributed by atoms with Gasteiger partial charge in [-0.2, -0.15) is 0 Å². The molecule has 1 aromatic carbocycles. The Kier molecular flexibility index (Phi) is 5.61. The summed E-state index contributed by atoms with van der Waals surface area (Å²) in [5, 5.41) is 2.98. The van der Waals surface area contributed by atoms with Crippen molar-refractivity contribution < 1.29 is 4.79 Å². The lowest BCUT2D eigenvalue weighted by molar-refractivity contribution is 0.0951. The smallest absolute Gasteiger partial charge is 0.251 e. The molecule has 1 amide bonds. The maximum atomic E-state index is 12.9. The van der Waals surface area contributed by atoms with Gasteiger partial charge in [0.1, 0.15) is 0 Å². The van der Waals surface area contributed by atoms with E-state index in [-0.39, 0.29) is 5.91 Å². The zero-order valence-electron chi connectivity index (χ0n) is 17.0. The van der Waals surface area contributed by atoms with Gasteiger partial charge < -0.3 is 5.32 Å². The molecular weight excluding hydrogens is 372 g/mol. The minimum absolute atomic E-state index is 0.151. The van der Waals surface area contributed by atoms with E-state index in [0.717, 1.165) is 39.3 Å². The number of hydrogen-bond donors (Lipinski definition) is 1. The Hall–Kier alpha value is -3.86. The number of nitrogens with zero attached hydrogens (tertiary/aromatic N) is 3. The number of carbonyl (C=O) groups is 1. The van der Waals surface area contributed by atoms with Crippen molar-refractivity contribution >= 4 is 5.91 Å². The summed E-state index contributed by atoms with van der Waals surface area (Å²) in [4.78, 5) is 26.2. The summed E-state index contributed by atoms with van der Waals surface area (Å²) < 4.78 is 0. The molecule has 0 aliphatic carbocycles. The molecule has 0 bridgehead atoms. The summed E-state index contributed by atoms with van der Waals surface area (Å²) in [5.41, 5.74) is 6.93. The van der Waals surface area contributed by atoms with Crippen molar-refractivity contribution in [2.75, 3.05) is 0 Å². The summed E-state index contributed by atoms with van der Waals surface area (Å²) in [6.45, 7) is 4.35. The predicted molar refractivity (Wildman–Crippen MR) is 118 cm³/mol. The van der Waals surface area contributed by atoms with Gasteiger partial charge in [0.2, 0.25) is 0 Å². The normalized spacial score (nSPS) is 10.6. The number of benzene rings is 1. The fraction of sp³-hybridized carbons (Fsp3) is 0.120. The van der Waals surface area contributed by atoms with Crippen LogP contribution in [0.15, 0.2) is 79.3 Å². The summed E-state index contributed by atoms with van der Waals surface area (Å²) in [6.07, 6.45) is 5.35. The summed E-state index contributed by atoms with van der Waals surface area (Å²) in [6, 6.07) is 19.4.